The zero-order chi connectivity index (χ0) is 22.6. The van der Waals surface area contributed by atoms with Crippen LogP contribution < -0.4 is 4.72 Å². The van der Waals surface area contributed by atoms with Crippen LogP contribution in [0, 0.1) is 13.8 Å². The summed E-state index contributed by atoms with van der Waals surface area (Å²) >= 11 is 0. The van der Waals surface area contributed by atoms with Gasteiger partial charge in [0.1, 0.15) is 0 Å². The lowest BCUT2D eigenvalue weighted by Crippen LogP contribution is -2.46. The monoisotopic (exact) mass is 445 g/mol. The van der Waals surface area contributed by atoms with Gasteiger partial charge in [-0.25, -0.2) is 8.42 Å². The van der Waals surface area contributed by atoms with E-state index in [4.69, 9.17) is 4.74 Å². The van der Waals surface area contributed by atoms with E-state index in [1.54, 1.807) is 24.1 Å². The number of nitrogens with one attached hydrogen (secondary N) is 1. The van der Waals surface area contributed by atoms with E-state index in [0.717, 1.165) is 11.1 Å². The molecule has 0 radical (unpaired) electrons. The molecule has 31 heavy (non-hydrogen) atoms. The van der Waals surface area contributed by atoms with Crippen molar-refractivity contribution in [1.82, 2.24) is 9.80 Å². The molecule has 1 N–H and O–H groups in total. The van der Waals surface area contributed by atoms with Crippen molar-refractivity contribution >= 4 is 27.5 Å². The van der Waals surface area contributed by atoms with Crippen LogP contribution in [-0.2, 0) is 19.6 Å². The van der Waals surface area contributed by atoms with Crippen molar-refractivity contribution in [3.8, 4) is 0 Å². The smallest absolute Gasteiger partial charge is 0.261 e. The maximum absolute atomic E-state index is 12.7. The van der Waals surface area contributed by atoms with Crippen LogP contribution >= 0.6 is 0 Å². The van der Waals surface area contributed by atoms with Gasteiger partial charge < -0.3 is 14.5 Å². The highest BCUT2D eigenvalue weighted by Gasteiger charge is 2.22. The lowest BCUT2D eigenvalue weighted by molar-refractivity contribution is -0.135. The molecular weight excluding hydrogens is 418 g/mol. The van der Waals surface area contributed by atoms with Gasteiger partial charge in [-0.15, -0.1) is 0 Å². The Morgan fingerprint density at radius 1 is 1.06 bits per heavy atom. The van der Waals surface area contributed by atoms with E-state index >= 15 is 0 Å². The number of hydrogen-bond acceptors (Lipinski definition) is 5. The summed E-state index contributed by atoms with van der Waals surface area (Å²) in [6.45, 7) is 5.73. The fraction of sp³-hybridized carbons (Fsp3) is 0.364. The van der Waals surface area contributed by atoms with Gasteiger partial charge in [0, 0.05) is 25.7 Å². The molecule has 2 aromatic carbocycles. The van der Waals surface area contributed by atoms with Crippen molar-refractivity contribution in [3.63, 3.8) is 0 Å². The van der Waals surface area contributed by atoms with Crippen molar-refractivity contribution in [2.24, 2.45) is 0 Å². The molecule has 2 amide bonds. The van der Waals surface area contributed by atoms with Crippen LogP contribution in [0.3, 0.4) is 0 Å². The Morgan fingerprint density at radius 3 is 2.35 bits per heavy atom. The highest BCUT2D eigenvalue weighted by molar-refractivity contribution is 7.92. The number of benzene rings is 2. The predicted molar refractivity (Wildman–Crippen MR) is 118 cm³/mol. The molecule has 0 bridgehead atoms. The largest absolute Gasteiger partial charge is 0.378 e. The number of rotatable bonds is 6. The van der Waals surface area contributed by atoms with Crippen LogP contribution in [0.25, 0.3) is 0 Å². The number of sulfonamides is 1. The van der Waals surface area contributed by atoms with E-state index in [-0.39, 0.29) is 23.3 Å². The fourth-order valence-electron chi connectivity index (χ4n) is 3.25. The number of carbonyl (C=O) groups is 2. The average molecular weight is 446 g/mol. The second-order valence-electron chi connectivity index (χ2n) is 7.53. The molecule has 3 rings (SSSR count). The number of anilines is 1. The molecule has 166 valence electrons. The molecule has 0 unspecified atom stereocenters. The van der Waals surface area contributed by atoms with Crippen LogP contribution in [0.1, 0.15) is 21.5 Å². The zero-order valence-corrected chi connectivity index (χ0v) is 18.7. The summed E-state index contributed by atoms with van der Waals surface area (Å²) in [5.74, 6) is -0.496. The minimum Gasteiger partial charge on any atom is -0.378 e. The Morgan fingerprint density at radius 2 is 1.71 bits per heavy atom. The van der Waals surface area contributed by atoms with Gasteiger partial charge in [0.15, 0.2) is 0 Å². The fourth-order valence-corrected chi connectivity index (χ4v) is 4.37. The highest BCUT2D eigenvalue weighted by Crippen LogP contribution is 2.22. The van der Waals surface area contributed by atoms with Gasteiger partial charge >= 0.3 is 0 Å². The Kier molecular flexibility index (Phi) is 6.97. The van der Waals surface area contributed by atoms with Gasteiger partial charge in [-0.1, -0.05) is 12.1 Å². The summed E-state index contributed by atoms with van der Waals surface area (Å²) in [5, 5.41) is 0. The lowest BCUT2D eigenvalue weighted by Gasteiger charge is -2.28. The van der Waals surface area contributed by atoms with E-state index in [9.17, 15) is 18.0 Å². The summed E-state index contributed by atoms with van der Waals surface area (Å²) in [6, 6.07) is 11.1. The first-order valence-corrected chi connectivity index (χ1v) is 11.5. The first-order chi connectivity index (χ1) is 14.7. The Hall–Kier alpha value is -2.91. The topological polar surface area (TPSA) is 96.0 Å². The summed E-state index contributed by atoms with van der Waals surface area (Å²) < 4.78 is 33.3. The van der Waals surface area contributed by atoms with Crippen LogP contribution in [0.5, 0.6) is 0 Å². The number of nitrogens with zero attached hydrogens (tertiary/aromatic N) is 2. The molecule has 0 aromatic heterocycles. The first kappa shape index (κ1) is 22.8. The van der Waals surface area contributed by atoms with E-state index in [2.05, 4.69) is 4.72 Å². The number of carbonyl (C=O) groups excluding carboxylic acids is 2. The third-order valence-corrected chi connectivity index (χ3v) is 6.72. The molecule has 8 nitrogen and oxygen atoms in total. The Bertz CT molecular complexity index is 1060. The Balaban J connectivity index is 1.67. The number of amides is 2. The number of morpholine rings is 1. The molecule has 2 aromatic rings. The standard InChI is InChI=1S/C22H27N3O5S/c1-16-5-4-6-20(17(16)2)23-31(28,29)19-9-7-18(8-10-19)22(27)24(3)15-21(26)25-11-13-30-14-12-25/h4-10,23H,11-15H2,1-3H3. The molecule has 0 aliphatic carbocycles. The van der Waals surface area contributed by atoms with Crippen molar-refractivity contribution < 1.29 is 22.7 Å². The summed E-state index contributed by atoms with van der Waals surface area (Å²) in [6.07, 6.45) is 0. The molecule has 1 saturated heterocycles. The van der Waals surface area contributed by atoms with E-state index in [0.29, 0.717) is 37.6 Å². The van der Waals surface area contributed by atoms with Crippen molar-refractivity contribution in [3.05, 3.63) is 59.2 Å². The molecule has 1 fully saturated rings. The molecule has 0 atom stereocenters. The highest BCUT2D eigenvalue weighted by atomic mass is 32.2. The van der Waals surface area contributed by atoms with E-state index in [1.807, 2.05) is 19.9 Å². The lowest BCUT2D eigenvalue weighted by atomic mass is 10.1. The maximum Gasteiger partial charge on any atom is 0.261 e. The second-order valence-corrected chi connectivity index (χ2v) is 9.21. The van der Waals surface area contributed by atoms with Gasteiger partial charge in [0.25, 0.3) is 15.9 Å². The van der Waals surface area contributed by atoms with Gasteiger partial charge in [-0.05, 0) is 55.3 Å². The van der Waals surface area contributed by atoms with E-state index in [1.165, 1.54) is 29.2 Å². The van der Waals surface area contributed by atoms with Gasteiger partial charge in [0.05, 0.1) is 30.3 Å². The quantitative estimate of drug-likeness (QED) is 0.734. The van der Waals surface area contributed by atoms with Crippen molar-refractivity contribution in [2.45, 2.75) is 18.7 Å². The van der Waals surface area contributed by atoms with Gasteiger partial charge in [-0.2, -0.15) is 0 Å². The van der Waals surface area contributed by atoms with Crippen LogP contribution in [-0.4, -0.2) is 69.9 Å². The minimum atomic E-state index is -3.80. The number of hydrogen-bond donors (Lipinski definition) is 1. The third-order valence-electron chi connectivity index (χ3n) is 5.34. The van der Waals surface area contributed by atoms with Crippen molar-refractivity contribution in [1.29, 1.82) is 0 Å². The zero-order valence-electron chi connectivity index (χ0n) is 17.9. The predicted octanol–water partition coefficient (Wildman–Crippen LogP) is 2.04. The van der Waals surface area contributed by atoms with Crippen LogP contribution in [0.2, 0.25) is 0 Å². The maximum atomic E-state index is 12.7. The molecule has 1 aliphatic rings. The summed E-state index contributed by atoms with van der Waals surface area (Å²) in [4.78, 5) is 28.1. The summed E-state index contributed by atoms with van der Waals surface area (Å²) in [5.41, 5.74) is 2.66. The molecular formula is C22H27N3O5S. The number of ether oxygens (including phenoxy) is 1. The third kappa shape index (κ3) is 5.42. The number of aryl methyl sites for hydroxylation is 1. The number of likely N-dealkylation sites (N-methyl/N-ethyl adjacent to an activating group) is 1. The first-order valence-electron chi connectivity index (χ1n) is 9.99. The SMILES string of the molecule is Cc1cccc(NS(=O)(=O)c2ccc(C(=O)N(C)CC(=O)N3CCOCC3)cc2)c1C. The van der Waals surface area contributed by atoms with Gasteiger partial charge in [-0.3, -0.25) is 14.3 Å². The molecule has 1 aliphatic heterocycles. The Labute approximate surface area is 182 Å². The molecule has 1 heterocycles. The summed E-state index contributed by atoms with van der Waals surface area (Å²) in [7, 11) is -2.25. The molecule has 0 spiro atoms. The normalized spacial score (nSPS) is 14.2. The van der Waals surface area contributed by atoms with E-state index < -0.39 is 10.0 Å². The van der Waals surface area contributed by atoms with Crippen molar-refractivity contribution in [2.75, 3.05) is 44.6 Å². The second kappa shape index (κ2) is 9.49. The van der Waals surface area contributed by atoms with Crippen LogP contribution in [0.15, 0.2) is 47.4 Å². The van der Waals surface area contributed by atoms with Gasteiger partial charge in [0.2, 0.25) is 5.91 Å². The average Bonchev–Trinajstić information content (AvgIpc) is 2.77. The minimum absolute atomic E-state index is 0.0485. The molecule has 0 saturated carbocycles. The van der Waals surface area contributed by atoms with Crippen LogP contribution in [0.4, 0.5) is 5.69 Å². The molecule has 9 heteroatoms.